The lowest BCUT2D eigenvalue weighted by atomic mass is 10.1. The van der Waals surface area contributed by atoms with Crippen molar-refractivity contribution in [3.8, 4) is 11.8 Å². The van der Waals surface area contributed by atoms with E-state index < -0.39 is 5.82 Å². The van der Waals surface area contributed by atoms with E-state index in [1.165, 1.54) is 12.1 Å². The van der Waals surface area contributed by atoms with Gasteiger partial charge in [-0.3, -0.25) is 0 Å². The second kappa shape index (κ2) is 7.07. The Balaban J connectivity index is 2.01. The monoisotopic (exact) mass is 304 g/mol. The van der Waals surface area contributed by atoms with Crippen LogP contribution in [-0.4, -0.2) is 6.61 Å². The van der Waals surface area contributed by atoms with Crippen LogP contribution in [0.4, 0.5) is 4.39 Å². The molecule has 0 unspecified atom stereocenters. The lowest BCUT2D eigenvalue weighted by Gasteiger charge is -2.14. The topological polar surface area (TPSA) is 59.0 Å². The van der Waals surface area contributed by atoms with Gasteiger partial charge in [-0.05, 0) is 17.7 Å². The number of nitrogens with zero attached hydrogens (tertiary/aromatic N) is 1. The summed E-state index contributed by atoms with van der Waals surface area (Å²) in [7, 11) is 0. The smallest absolute Gasteiger partial charge is 0.184 e. The van der Waals surface area contributed by atoms with Gasteiger partial charge in [0.1, 0.15) is 6.07 Å². The zero-order valence-corrected chi connectivity index (χ0v) is 12.0. The summed E-state index contributed by atoms with van der Waals surface area (Å²) in [4.78, 5) is 0. The maximum Gasteiger partial charge on any atom is 0.184 e. The highest BCUT2D eigenvalue weighted by molar-refractivity contribution is 6.30. The van der Waals surface area contributed by atoms with Gasteiger partial charge in [0.25, 0.3) is 0 Å². The number of rotatable bonds is 5. The molecule has 0 spiro atoms. The summed E-state index contributed by atoms with van der Waals surface area (Å²) in [5.41, 5.74) is 7.13. The highest BCUT2D eigenvalue weighted by atomic mass is 35.5. The molecule has 2 N–H and O–H groups in total. The molecule has 3 nitrogen and oxygen atoms in total. The molecule has 0 bridgehead atoms. The summed E-state index contributed by atoms with van der Waals surface area (Å²) in [6, 6.07) is 14.0. The van der Waals surface area contributed by atoms with Crippen molar-refractivity contribution < 1.29 is 9.13 Å². The van der Waals surface area contributed by atoms with Gasteiger partial charge in [0.05, 0.1) is 17.2 Å². The van der Waals surface area contributed by atoms with Crippen LogP contribution >= 0.6 is 11.6 Å². The quantitative estimate of drug-likeness (QED) is 0.913. The average Bonchev–Trinajstić information content (AvgIpc) is 2.52. The Hall–Kier alpha value is -2.09. The van der Waals surface area contributed by atoms with Gasteiger partial charge < -0.3 is 10.5 Å². The van der Waals surface area contributed by atoms with E-state index in [1.807, 2.05) is 36.4 Å². The molecule has 0 heterocycles. The summed E-state index contributed by atoms with van der Waals surface area (Å²) in [6.07, 6.45) is 0.501. The summed E-state index contributed by atoms with van der Waals surface area (Å²) < 4.78 is 19.2. The third kappa shape index (κ3) is 3.72. The van der Waals surface area contributed by atoms with Gasteiger partial charge in [0.15, 0.2) is 11.6 Å². The second-order valence-corrected chi connectivity index (χ2v) is 4.91. The molecule has 5 heteroatoms. The predicted octanol–water partition coefficient (Wildman–Crippen LogP) is 3.82. The first-order valence-electron chi connectivity index (χ1n) is 6.45. The molecule has 21 heavy (non-hydrogen) atoms. The summed E-state index contributed by atoms with van der Waals surface area (Å²) in [6.45, 7) is 0.196. The molecule has 0 aromatic heterocycles. The van der Waals surface area contributed by atoms with Crippen LogP contribution in [0.15, 0.2) is 42.5 Å². The Morgan fingerprint density at radius 2 is 1.95 bits per heavy atom. The van der Waals surface area contributed by atoms with Crippen molar-refractivity contribution in [2.45, 2.75) is 12.5 Å². The first kappa shape index (κ1) is 15.3. The van der Waals surface area contributed by atoms with Gasteiger partial charge in [-0.25, -0.2) is 4.39 Å². The molecule has 0 amide bonds. The molecule has 2 aromatic carbocycles. The van der Waals surface area contributed by atoms with Crippen LogP contribution in [0.2, 0.25) is 5.02 Å². The van der Waals surface area contributed by atoms with E-state index in [2.05, 4.69) is 0 Å². The van der Waals surface area contributed by atoms with Crippen molar-refractivity contribution in [2.75, 3.05) is 6.61 Å². The molecule has 0 saturated heterocycles. The van der Waals surface area contributed by atoms with Crippen molar-refractivity contribution in [1.29, 1.82) is 5.26 Å². The number of benzene rings is 2. The van der Waals surface area contributed by atoms with Crippen LogP contribution in [0.25, 0.3) is 0 Å². The molecule has 0 aliphatic heterocycles. The molecule has 0 radical (unpaired) electrons. The number of hydrogen-bond donors (Lipinski definition) is 1. The largest absolute Gasteiger partial charge is 0.489 e. The third-order valence-corrected chi connectivity index (χ3v) is 3.37. The van der Waals surface area contributed by atoms with Gasteiger partial charge >= 0.3 is 0 Å². The fourth-order valence-electron chi connectivity index (χ4n) is 1.92. The maximum atomic E-state index is 13.9. The molecule has 108 valence electrons. The van der Waals surface area contributed by atoms with Crippen LogP contribution in [0.5, 0.6) is 5.75 Å². The van der Waals surface area contributed by atoms with E-state index in [4.69, 9.17) is 27.3 Å². The number of ether oxygens (including phenoxy) is 1. The van der Waals surface area contributed by atoms with Gasteiger partial charge in [-0.1, -0.05) is 41.9 Å². The molecule has 0 aliphatic carbocycles. The van der Waals surface area contributed by atoms with Crippen molar-refractivity contribution in [3.05, 3.63) is 64.4 Å². The molecule has 0 aliphatic rings. The van der Waals surface area contributed by atoms with E-state index in [1.54, 1.807) is 0 Å². The summed E-state index contributed by atoms with van der Waals surface area (Å²) in [5, 5.41) is 8.88. The number of nitriles is 1. The average molecular weight is 305 g/mol. The van der Waals surface area contributed by atoms with Crippen LogP contribution in [0, 0.1) is 17.1 Å². The zero-order valence-electron chi connectivity index (χ0n) is 11.2. The second-order valence-electron chi connectivity index (χ2n) is 4.50. The Morgan fingerprint density at radius 1 is 1.24 bits per heavy atom. The highest BCUT2D eigenvalue weighted by Gasteiger charge is 2.14. The number of nitrogens with two attached hydrogens (primary N) is 1. The third-order valence-electron chi connectivity index (χ3n) is 3.07. The number of halogens is 2. The minimum Gasteiger partial charge on any atom is -0.489 e. The Labute approximate surface area is 127 Å². The zero-order chi connectivity index (χ0) is 15.2. The molecule has 2 aromatic rings. The van der Waals surface area contributed by atoms with Crippen LogP contribution in [0.3, 0.4) is 0 Å². The Morgan fingerprint density at radius 3 is 2.62 bits per heavy atom. The van der Waals surface area contributed by atoms with E-state index in [0.29, 0.717) is 6.42 Å². The minimum absolute atomic E-state index is 0.0728. The van der Waals surface area contributed by atoms with Gasteiger partial charge in [-0.2, -0.15) is 5.26 Å². The standard InChI is InChI=1S/C16H14ClFN2O/c17-13-7-6-12(10-19)16(15(13)18)21-9-8-14(20)11-4-2-1-3-5-11/h1-7,14H,8-9,20H2/t14-/m1/s1. The first-order valence-corrected chi connectivity index (χ1v) is 6.82. The lowest BCUT2D eigenvalue weighted by molar-refractivity contribution is 0.284. The predicted molar refractivity (Wildman–Crippen MR) is 79.6 cm³/mol. The van der Waals surface area contributed by atoms with Crippen LogP contribution in [-0.2, 0) is 0 Å². The van der Waals surface area contributed by atoms with E-state index in [-0.39, 0.29) is 29.0 Å². The highest BCUT2D eigenvalue weighted by Crippen LogP contribution is 2.28. The Bertz CT molecular complexity index is 655. The van der Waals surface area contributed by atoms with Crippen molar-refractivity contribution in [2.24, 2.45) is 5.73 Å². The van der Waals surface area contributed by atoms with E-state index >= 15 is 0 Å². The van der Waals surface area contributed by atoms with Gasteiger partial charge in [0.2, 0.25) is 0 Å². The number of hydrogen-bond acceptors (Lipinski definition) is 3. The van der Waals surface area contributed by atoms with Crippen molar-refractivity contribution in [1.82, 2.24) is 0 Å². The van der Waals surface area contributed by atoms with Crippen molar-refractivity contribution >= 4 is 11.6 Å². The molecule has 0 saturated carbocycles. The molecular formula is C16H14ClFN2O. The van der Waals surface area contributed by atoms with Crippen LogP contribution in [0.1, 0.15) is 23.6 Å². The SMILES string of the molecule is N#Cc1ccc(Cl)c(F)c1OCC[C@@H](N)c1ccccc1. The fourth-order valence-corrected chi connectivity index (χ4v) is 2.06. The molecular weight excluding hydrogens is 291 g/mol. The molecule has 1 atom stereocenters. The van der Waals surface area contributed by atoms with Gasteiger partial charge in [-0.15, -0.1) is 0 Å². The molecule has 2 rings (SSSR count). The minimum atomic E-state index is -0.719. The van der Waals surface area contributed by atoms with Gasteiger partial charge in [0, 0.05) is 12.5 Å². The van der Waals surface area contributed by atoms with E-state index in [9.17, 15) is 4.39 Å². The first-order chi connectivity index (χ1) is 10.1. The normalized spacial score (nSPS) is 11.7. The lowest BCUT2D eigenvalue weighted by Crippen LogP contribution is -2.14. The van der Waals surface area contributed by atoms with Crippen LogP contribution < -0.4 is 10.5 Å². The van der Waals surface area contributed by atoms with E-state index in [0.717, 1.165) is 5.56 Å². The fraction of sp³-hybridized carbons (Fsp3) is 0.188. The van der Waals surface area contributed by atoms with Crippen molar-refractivity contribution in [3.63, 3.8) is 0 Å². The molecule has 0 fully saturated rings. The summed E-state index contributed by atoms with van der Waals surface area (Å²) >= 11 is 5.69. The maximum absolute atomic E-state index is 13.9. The summed E-state index contributed by atoms with van der Waals surface area (Å²) in [5.74, 6) is -0.839. The Kier molecular flexibility index (Phi) is 5.15.